The van der Waals surface area contributed by atoms with Gasteiger partial charge in [0, 0.05) is 0 Å². The zero-order valence-electron chi connectivity index (χ0n) is 13.4. The van der Waals surface area contributed by atoms with Crippen LogP contribution in [0.3, 0.4) is 0 Å². The fraction of sp³-hybridized carbons (Fsp3) is 0.667. The second-order valence-corrected chi connectivity index (χ2v) is 4.83. The summed E-state index contributed by atoms with van der Waals surface area (Å²) in [5.74, 6) is 0. The minimum Gasteiger partial charge on any atom is -0.299 e. The molecule has 0 saturated heterocycles. The number of unbranched alkanes of at least 4 members (excludes halogenated alkanes) is 8. The van der Waals surface area contributed by atoms with Gasteiger partial charge in [0.2, 0.25) is 0 Å². The number of hydrogen-bond donors (Lipinski definition) is 0. The summed E-state index contributed by atoms with van der Waals surface area (Å²) in [6.07, 6.45) is 21.2. The zero-order valence-corrected chi connectivity index (χ0v) is 13.4. The van der Waals surface area contributed by atoms with Crippen LogP contribution in [-0.4, -0.2) is 12.6 Å². The van der Waals surface area contributed by atoms with Gasteiger partial charge in [-0.3, -0.25) is 9.59 Å². The Labute approximate surface area is 125 Å². The molecule has 0 radical (unpaired) electrons. The van der Waals surface area contributed by atoms with E-state index in [4.69, 9.17) is 0 Å². The molecular weight excluding hydrogens is 248 g/mol. The Morgan fingerprint density at radius 3 is 1.60 bits per heavy atom. The van der Waals surface area contributed by atoms with Crippen molar-refractivity contribution >= 4 is 12.6 Å². The van der Waals surface area contributed by atoms with Crippen LogP contribution in [0.2, 0.25) is 0 Å². The summed E-state index contributed by atoms with van der Waals surface area (Å²) in [5, 5.41) is 0. The first-order valence-electron chi connectivity index (χ1n) is 8.04. The highest BCUT2D eigenvalue weighted by atomic mass is 16.1. The van der Waals surface area contributed by atoms with Crippen molar-refractivity contribution in [2.75, 3.05) is 0 Å². The van der Waals surface area contributed by atoms with Gasteiger partial charge in [-0.2, -0.15) is 0 Å². The highest BCUT2D eigenvalue weighted by molar-refractivity contribution is 5.64. The molecule has 116 valence electrons. The fourth-order valence-electron chi connectivity index (χ4n) is 1.69. The molecule has 0 atom stereocenters. The topological polar surface area (TPSA) is 34.1 Å². The summed E-state index contributed by atoms with van der Waals surface area (Å²) >= 11 is 0. The molecule has 0 aliphatic rings. The van der Waals surface area contributed by atoms with E-state index in [-0.39, 0.29) is 0 Å². The molecular formula is C18H32O2. The molecule has 0 aromatic carbocycles. The van der Waals surface area contributed by atoms with Crippen LogP contribution >= 0.6 is 0 Å². The maximum absolute atomic E-state index is 9.93. The Morgan fingerprint density at radius 1 is 0.600 bits per heavy atom. The number of rotatable bonds is 12. The van der Waals surface area contributed by atoms with Crippen molar-refractivity contribution in [2.24, 2.45) is 0 Å². The van der Waals surface area contributed by atoms with Gasteiger partial charge >= 0.3 is 0 Å². The molecule has 20 heavy (non-hydrogen) atoms. The van der Waals surface area contributed by atoms with Crippen LogP contribution in [0, 0.1) is 0 Å². The molecule has 0 aliphatic carbocycles. The maximum Gasteiger partial charge on any atom is 0.142 e. The van der Waals surface area contributed by atoms with E-state index in [0.717, 1.165) is 31.8 Å². The third-order valence-corrected chi connectivity index (χ3v) is 2.86. The van der Waals surface area contributed by atoms with E-state index in [1.165, 1.54) is 51.0 Å². The molecule has 0 N–H and O–H groups in total. The molecule has 0 spiro atoms. The number of hydrogen-bond acceptors (Lipinski definition) is 2. The van der Waals surface area contributed by atoms with Crippen molar-refractivity contribution in [1.82, 2.24) is 0 Å². The quantitative estimate of drug-likeness (QED) is 0.271. The Kier molecular flexibility index (Phi) is 24.2. The average Bonchev–Trinajstić information content (AvgIpc) is 2.47. The summed E-state index contributed by atoms with van der Waals surface area (Å²) in [6.45, 7) is 4.32. The molecule has 0 bridgehead atoms. The van der Waals surface area contributed by atoms with E-state index in [0.29, 0.717) is 0 Å². The van der Waals surface area contributed by atoms with Crippen molar-refractivity contribution in [1.29, 1.82) is 0 Å². The van der Waals surface area contributed by atoms with E-state index in [1.807, 2.05) is 12.2 Å². The van der Waals surface area contributed by atoms with Crippen molar-refractivity contribution in [3.63, 3.8) is 0 Å². The minimum absolute atomic E-state index is 0.801. The zero-order chi connectivity index (χ0) is 15.3. The summed E-state index contributed by atoms with van der Waals surface area (Å²) in [7, 11) is 0. The Hall–Kier alpha value is -1.18. The van der Waals surface area contributed by atoms with E-state index in [9.17, 15) is 9.59 Å². The molecule has 0 heterocycles. The van der Waals surface area contributed by atoms with E-state index in [2.05, 4.69) is 13.8 Å². The van der Waals surface area contributed by atoms with Gasteiger partial charge in [-0.1, -0.05) is 70.9 Å². The van der Waals surface area contributed by atoms with Crippen LogP contribution in [-0.2, 0) is 9.59 Å². The van der Waals surface area contributed by atoms with Gasteiger partial charge in [0.25, 0.3) is 0 Å². The molecule has 2 heteroatoms. The monoisotopic (exact) mass is 280 g/mol. The smallest absolute Gasteiger partial charge is 0.142 e. The lowest BCUT2D eigenvalue weighted by atomic mass is 10.1. The largest absolute Gasteiger partial charge is 0.299 e. The normalized spacial score (nSPS) is 10.5. The summed E-state index contributed by atoms with van der Waals surface area (Å²) in [5.41, 5.74) is 0. The molecule has 0 aromatic heterocycles. The molecule has 0 aromatic rings. The summed E-state index contributed by atoms with van der Waals surface area (Å²) < 4.78 is 0. The van der Waals surface area contributed by atoms with Crippen LogP contribution < -0.4 is 0 Å². The predicted molar refractivity (Wildman–Crippen MR) is 87.9 cm³/mol. The first-order valence-corrected chi connectivity index (χ1v) is 8.04. The van der Waals surface area contributed by atoms with Gasteiger partial charge in [-0.25, -0.2) is 0 Å². The third-order valence-electron chi connectivity index (χ3n) is 2.86. The highest BCUT2D eigenvalue weighted by Crippen LogP contribution is 2.08. The predicted octanol–water partition coefficient (Wildman–Crippen LogP) is 5.42. The first-order chi connectivity index (χ1) is 9.83. The van der Waals surface area contributed by atoms with Crippen LogP contribution in [0.15, 0.2) is 24.3 Å². The van der Waals surface area contributed by atoms with Gasteiger partial charge in [0.1, 0.15) is 12.6 Å². The molecule has 0 unspecified atom stereocenters. The van der Waals surface area contributed by atoms with Crippen LogP contribution in [0.25, 0.3) is 0 Å². The first kappa shape index (κ1) is 21.1. The Morgan fingerprint density at radius 2 is 1.10 bits per heavy atom. The molecule has 0 amide bonds. The van der Waals surface area contributed by atoms with Crippen molar-refractivity contribution in [3.8, 4) is 0 Å². The van der Waals surface area contributed by atoms with Crippen molar-refractivity contribution in [2.45, 2.75) is 78.1 Å². The third kappa shape index (κ3) is 25.6. The number of allylic oxidation sites excluding steroid dienone is 4. The van der Waals surface area contributed by atoms with Gasteiger partial charge in [0.15, 0.2) is 0 Å². The maximum atomic E-state index is 9.93. The Bertz CT molecular complexity index is 242. The Balaban J connectivity index is 0. The number of carbonyl (C=O) groups excluding carboxylic acids is 2. The summed E-state index contributed by atoms with van der Waals surface area (Å²) in [4.78, 5) is 19.5. The van der Waals surface area contributed by atoms with E-state index >= 15 is 0 Å². The van der Waals surface area contributed by atoms with Gasteiger partial charge in [-0.05, 0) is 31.4 Å². The van der Waals surface area contributed by atoms with Crippen LogP contribution in [0.4, 0.5) is 0 Å². The van der Waals surface area contributed by atoms with Crippen LogP contribution in [0.1, 0.15) is 78.1 Å². The van der Waals surface area contributed by atoms with E-state index < -0.39 is 0 Å². The fourth-order valence-corrected chi connectivity index (χ4v) is 1.69. The SMILES string of the molecule is CCCC=CC=O.CCCCCCCCCC=CC=O. The molecule has 0 fully saturated rings. The van der Waals surface area contributed by atoms with Gasteiger partial charge in [-0.15, -0.1) is 0 Å². The van der Waals surface area contributed by atoms with Crippen molar-refractivity contribution < 1.29 is 9.59 Å². The number of carbonyl (C=O) groups is 2. The molecule has 0 aliphatic heterocycles. The molecule has 0 saturated carbocycles. The second-order valence-electron chi connectivity index (χ2n) is 4.83. The second kappa shape index (κ2) is 23.0. The highest BCUT2D eigenvalue weighted by Gasteiger charge is 1.88. The standard InChI is InChI=1S/C12H22O.C6H10O/c1-2-3-4-5-6-7-8-9-10-11-12-13;1-2-3-4-5-6-7/h10-12H,2-9H2,1H3;4-6H,2-3H2,1H3. The van der Waals surface area contributed by atoms with Crippen molar-refractivity contribution in [3.05, 3.63) is 24.3 Å². The molecule has 2 nitrogen and oxygen atoms in total. The molecule has 0 rings (SSSR count). The average molecular weight is 280 g/mol. The van der Waals surface area contributed by atoms with Crippen LogP contribution in [0.5, 0.6) is 0 Å². The lowest BCUT2D eigenvalue weighted by Gasteiger charge is -1.98. The van der Waals surface area contributed by atoms with Gasteiger partial charge in [0.05, 0.1) is 0 Å². The lowest BCUT2D eigenvalue weighted by molar-refractivity contribution is -0.104. The summed E-state index contributed by atoms with van der Waals surface area (Å²) in [6, 6.07) is 0. The minimum atomic E-state index is 0.801. The number of aldehydes is 2. The lowest BCUT2D eigenvalue weighted by Crippen LogP contribution is -1.78. The van der Waals surface area contributed by atoms with E-state index in [1.54, 1.807) is 6.08 Å². The van der Waals surface area contributed by atoms with Gasteiger partial charge < -0.3 is 0 Å².